The van der Waals surface area contributed by atoms with Gasteiger partial charge >= 0.3 is 11.9 Å². The van der Waals surface area contributed by atoms with Crippen molar-refractivity contribution < 1.29 is 28.9 Å². The van der Waals surface area contributed by atoms with Gasteiger partial charge in [-0.15, -0.1) is 0 Å². The maximum absolute atomic E-state index is 11.7. The van der Waals surface area contributed by atoms with Gasteiger partial charge in [-0.2, -0.15) is 0 Å². The number of rotatable bonds is 3. The number of hydrogen-bond acceptors (Lipinski definition) is 5. The lowest BCUT2D eigenvalue weighted by atomic mass is 9.75. The summed E-state index contributed by atoms with van der Waals surface area (Å²) in [6, 6.07) is 0. The molecule has 0 aromatic rings. The van der Waals surface area contributed by atoms with E-state index in [-0.39, 0.29) is 11.5 Å². The van der Waals surface area contributed by atoms with Crippen molar-refractivity contribution in [3.8, 4) is 0 Å². The van der Waals surface area contributed by atoms with Crippen LogP contribution in [0.15, 0.2) is 0 Å². The third-order valence-electron chi connectivity index (χ3n) is 4.13. The van der Waals surface area contributed by atoms with Gasteiger partial charge in [0.1, 0.15) is 0 Å². The van der Waals surface area contributed by atoms with E-state index >= 15 is 0 Å². The van der Waals surface area contributed by atoms with Gasteiger partial charge in [0.05, 0.1) is 12.7 Å². The second kappa shape index (κ2) is 5.88. The first-order valence-corrected chi connectivity index (χ1v) is 6.60. The number of carboxylic acids is 1. The molecule has 108 valence electrons. The van der Waals surface area contributed by atoms with E-state index < -0.39 is 17.9 Å². The monoisotopic (exact) mass is 272 g/mol. The lowest BCUT2D eigenvalue weighted by Gasteiger charge is -2.44. The van der Waals surface area contributed by atoms with Crippen LogP contribution in [0.1, 0.15) is 25.7 Å². The zero-order valence-electron chi connectivity index (χ0n) is 11.1. The lowest BCUT2D eigenvalue weighted by molar-refractivity contribution is -0.173. The Labute approximate surface area is 112 Å². The summed E-state index contributed by atoms with van der Waals surface area (Å²) in [5, 5.41) is 9.25. The predicted octanol–water partition coefficient (Wildman–Crippen LogP) is 0.836. The van der Waals surface area contributed by atoms with Crippen LogP contribution in [0.4, 0.5) is 0 Å². The fourth-order valence-electron chi connectivity index (χ4n) is 3.06. The van der Waals surface area contributed by atoms with Gasteiger partial charge in [0.2, 0.25) is 0 Å². The van der Waals surface area contributed by atoms with Crippen LogP contribution in [0, 0.1) is 11.8 Å². The normalized spacial score (nSPS) is 27.7. The average molecular weight is 272 g/mol. The number of carboxylic acid groups (broad SMARTS) is 1. The van der Waals surface area contributed by atoms with Crippen molar-refractivity contribution in [2.24, 2.45) is 11.8 Å². The minimum Gasteiger partial charge on any atom is -0.481 e. The minimum absolute atomic E-state index is 0.225. The van der Waals surface area contributed by atoms with Crippen molar-refractivity contribution in [1.29, 1.82) is 0 Å². The summed E-state index contributed by atoms with van der Waals surface area (Å²) in [6.45, 7) is 1.75. The first-order chi connectivity index (χ1) is 9.08. The van der Waals surface area contributed by atoms with Crippen molar-refractivity contribution >= 4 is 11.9 Å². The molecule has 2 aliphatic rings. The molecule has 0 saturated carbocycles. The average Bonchev–Trinajstić information content (AvgIpc) is 2.39. The zero-order valence-corrected chi connectivity index (χ0v) is 11.1. The van der Waals surface area contributed by atoms with E-state index in [4.69, 9.17) is 9.47 Å². The van der Waals surface area contributed by atoms with Gasteiger partial charge in [-0.05, 0) is 31.6 Å². The van der Waals surface area contributed by atoms with Gasteiger partial charge in [-0.25, -0.2) is 0 Å². The van der Waals surface area contributed by atoms with Crippen LogP contribution in [0.2, 0.25) is 0 Å². The predicted molar refractivity (Wildman–Crippen MR) is 64.6 cm³/mol. The second-order valence-electron chi connectivity index (χ2n) is 5.24. The van der Waals surface area contributed by atoms with Crippen LogP contribution in [-0.2, 0) is 23.8 Å². The van der Waals surface area contributed by atoms with Crippen LogP contribution >= 0.6 is 0 Å². The molecule has 6 heteroatoms. The van der Waals surface area contributed by atoms with Crippen LogP contribution in [0.3, 0.4) is 0 Å². The molecule has 6 nitrogen and oxygen atoms in total. The van der Waals surface area contributed by atoms with Gasteiger partial charge in [0.15, 0.2) is 5.92 Å². The van der Waals surface area contributed by atoms with Crippen molar-refractivity contribution in [3.05, 3.63) is 0 Å². The largest absolute Gasteiger partial charge is 0.481 e. The Morgan fingerprint density at radius 2 is 2.00 bits per heavy atom. The maximum atomic E-state index is 11.7. The standard InChI is InChI=1S/C13H20O6/c1-17-12(16)10(11(14)15)9-2-5-19-13(8-9)3-6-18-7-4-13/h9-10H,2-8H2,1H3,(H,14,15). The molecule has 0 amide bonds. The Hall–Kier alpha value is -1.14. The van der Waals surface area contributed by atoms with Crippen LogP contribution in [-0.4, -0.2) is 49.6 Å². The van der Waals surface area contributed by atoms with Crippen LogP contribution in [0.25, 0.3) is 0 Å². The number of aliphatic carboxylic acids is 1. The number of carbonyl (C=O) groups excluding carboxylic acids is 1. The number of carbonyl (C=O) groups is 2. The highest BCUT2D eigenvalue weighted by Gasteiger charge is 2.45. The summed E-state index contributed by atoms with van der Waals surface area (Å²) in [5.74, 6) is -3.09. The Kier molecular flexibility index (Phi) is 4.42. The Morgan fingerprint density at radius 1 is 1.32 bits per heavy atom. The molecule has 2 rings (SSSR count). The van der Waals surface area contributed by atoms with E-state index in [1.54, 1.807) is 0 Å². The first kappa shape index (κ1) is 14.3. The molecular weight excluding hydrogens is 252 g/mol. The van der Waals surface area contributed by atoms with Gasteiger partial charge in [0, 0.05) is 19.8 Å². The highest BCUT2D eigenvalue weighted by atomic mass is 16.5. The van der Waals surface area contributed by atoms with E-state index in [0.29, 0.717) is 32.7 Å². The van der Waals surface area contributed by atoms with E-state index in [9.17, 15) is 14.7 Å². The van der Waals surface area contributed by atoms with Crippen molar-refractivity contribution in [2.75, 3.05) is 26.9 Å². The number of esters is 1. The second-order valence-corrected chi connectivity index (χ2v) is 5.24. The fraction of sp³-hybridized carbons (Fsp3) is 0.846. The topological polar surface area (TPSA) is 82.1 Å². The molecule has 0 aliphatic carbocycles. The molecule has 19 heavy (non-hydrogen) atoms. The molecule has 0 bridgehead atoms. The van der Waals surface area contributed by atoms with Gasteiger partial charge in [-0.3, -0.25) is 9.59 Å². The molecule has 2 saturated heterocycles. The van der Waals surface area contributed by atoms with Crippen LogP contribution < -0.4 is 0 Å². The summed E-state index contributed by atoms with van der Waals surface area (Å²) in [7, 11) is 1.22. The summed E-state index contributed by atoms with van der Waals surface area (Å²) in [5.41, 5.74) is -0.317. The quantitative estimate of drug-likeness (QED) is 0.605. The molecule has 2 heterocycles. The smallest absolute Gasteiger partial charge is 0.320 e. The molecule has 2 aliphatic heterocycles. The molecule has 2 unspecified atom stereocenters. The van der Waals surface area contributed by atoms with Crippen molar-refractivity contribution in [2.45, 2.75) is 31.3 Å². The SMILES string of the molecule is COC(=O)C(C(=O)O)C1CCOC2(CCOCC2)C1. The van der Waals surface area contributed by atoms with Crippen molar-refractivity contribution in [1.82, 2.24) is 0 Å². The number of methoxy groups -OCH3 is 1. The summed E-state index contributed by atoms with van der Waals surface area (Å²) in [4.78, 5) is 23.0. The molecular formula is C13H20O6. The number of ether oxygens (including phenoxy) is 3. The first-order valence-electron chi connectivity index (χ1n) is 6.60. The lowest BCUT2D eigenvalue weighted by Crippen LogP contribution is -2.48. The molecule has 0 radical (unpaired) electrons. The third-order valence-corrected chi connectivity index (χ3v) is 4.13. The highest BCUT2D eigenvalue weighted by Crippen LogP contribution is 2.40. The Morgan fingerprint density at radius 3 is 2.58 bits per heavy atom. The van der Waals surface area contributed by atoms with E-state index in [2.05, 4.69) is 4.74 Å². The van der Waals surface area contributed by atoms with Gasteiger partial charge < -0.3 is 19.3 Å². The molecule has 1 spiro atoms. The summed E-state index contributed by atoms with van der Waals surface area (Å²) >= 11 is 0. The van der Waals surface area contributed by atoms with Gasteiger partial charge in [-0.1, -0.05) is 0 Å². The maximum Gasteiger partial charge on any atom is 0.320 e. The summed E-state index contributed by atoms with van der Waals surface area (Å²) < 4.78 is 15.8. The van der Waals surface area contributed by atoms with E-state index in [1.165, 1.54) is 7.11 Å². The third kappa shape index (κ3) is 3.06. The Balaban J connectivity index is 2.10. The van der Waals surface area contributed by atoms with Gasteiger partial charge in [0.25, 0.3) is 0 Å². The molecule has 2 fully saturated rings. The molecule has 2 atom stereocenters. The van der Waals surface area contributed by atoms with E-state index in [0.717, 1.165) is 12.8 Å². The van der Waals surface area contributed by atoms with Crippen LogP contribution in [0.5, 0.6) is 0 Å². The van der Waals surface area contributed by atoms with Crippen molar-refractivity contribution in [3.63, 3.8) is 0 Å². The molecule has 0 aromatic heterocycles. The Bertz CT molecular complexity index is 342. The zero-order chi connectivity index (χ0) is 13.9. The van der Waals surface area contributed by atoms with E-state index in [1.807, 2.05) is 0 Å². The fourth-order valence-corrected chi connectivity index (χ4v) is 3.06. The highest BCUT2D eigenvalue weighted by molar-refractivity contribution is 5.94. The molecule has 0 aromatic carbocycles. The number of hydrogen-bond donors (Lipinski definition) is 1. The molecule has 1 N–H and O–H groups in total. The summed E-state index contributed by atoms with van der Waals surface area (Å²) in [6.07, 6.45) is 2.69. The minimum atomic E-state index is -1.11.